The summed E-state index contributed by atoms with van der Waals surface area (Å²) >= 11 is 0. The Balaban J connectivity index is 0.00000288. The Hall–Kier alpha value is -2.28. The van der Waals surface area contributed by atoms with E-state index < -0.39 is 6.36 Å². The second kappa shape index (κ2) is 8.54. The summed E-state index contributed by atoms with van der Waals surface area (Å²) in [5, 5.41) is 0. The highest BCUT2D eigenvalue weighted by molar-refractivity contribution is 5.94. The molecule has 130 valence electrons. The van der Waals surface area contributed by atoms with E-state index in [2.05, 4.69) is 9.72 Å². The summed E-state index contributed by atoms with van der Waals surface area (Å²) in [7, 11) is 1.63. The van der Waals surface area contributed by atoms with Crippen LogP contribution in [0.15, 0.2) is 48.7 Å². The van der Waals surface area contributed by atoms with Gasteiger partial charge in [-0.15, -0.1) is 25.6 Å². The monoisotopic (exact) mass is 360 g/mol. The van der Waals surface area contributed by atoms with Gasteiger partial charge in [-0.25, -0.2) is 0 Å². The number of amides is 1. The zero-order valence-electron chi connectivity index (χ0n) is 12.8. The summed E-state index contributed by atoms with van der Waals surface area (Å²) in [5.74, 6) is -0.635. The highest BCUT2D eigenvalue weighted by atomic mass is 35.5. The smallest absolute Gasteiger partial charge is 0.406 e. The van der Waals surface area contributed by atoms with E-state index in [-0.39, 0.29) is 24.1 Å². The van der Waals surface area contributed by atoms with Crippen LogP contribution in [0, 0.1) is 0 Å². The maximum absolute atomic E-state index is 12.2. The Morgan fingerprint density at radius 2 is 1.83 bits per heavy atom. The Labute approximate surface area is 143 Å². The molecule has 2 rings (SSSR count). The van der Waals surface area contributed by atoms with Crippen molar-refractivity contribution in [3.63, 3.8) is 0 Å². The second-order valence-corrected chi connectivity index (χ2v) is 4.87. The van der Waals surface area contributed by atoms with Gasteiger partial charge in [0.15, 0.2) is 0 Å². The summed E-state index contributed by atoms with van der Waals surface area (Å²) in [6, 6.07) is 10.4. The van der Waals surface area contributed by atoms with Crippen LogP contribution in [-0.4, -0.2) is 35.7 Å². The fourth-order valence-corrected chi connectivity index (χ4v) is 1.95. The lowest BCUT2D eigenvalue weighted by molar-refractivity contribution is -0.274. The van der Waals surface area contributed by atoms with E-state index in [0.29, 0.717) is 18.5 Å². The van der Waals surface area contributed by atoms with Crippen LogP contribution in [0.2, 0.25) is 0 Å². The average molecular weight is 361 g/mol. The molecule has 0 saturated heterocycles. The highest BCUT2D eigenvalue weighted by Crippen LogP contribution is 2.23. The molecular weight excluding hydrogens is 345 g/mol. The molecule has 0 radical (unpaired) electrons. The van der Waals surface area contributed by atoms with Gasteiger partial charge in [-0.05, 0) is 36.4 Å². The molecule has 0 aliphatic rings. The summed E-state index contributed by atoms with van der Waals surface area (Å²) < 4.78 is 40.0. The van der Waals surface area contributed by atoms with Crippen molar-refractivity contribution in [2.24, 2.45) is 0 Å². The fraction of sp³-hybridized carbons (Fsp3) is 0.250. The summed E-state index contributed by atoms with van der Waals surface area (Å²) in [6.45, 7) is 0.455. The van der Waals surface area contributed by atoms with Crippen molar-refractivity contribution >= 4 is 18.3 Å². The number of nitrogens with zero attached hydrogens (tertiary/aromatic N) is 2. The first-order valence-corrected chi connectivity index (χ1v) is 6.86. The minimum absolute atomic E-state index is 0. The molecule has 0 aliphatic heterocycles. The SMILES string of the molecule is CN(CCc1ccccn1)C(=O)c1ccc(OC(F)(F)F)cc1.Cl. The normalized spacial score (nSPS) is 10.7. The van der Waals surface area contributed by atoms with E-state index in [1.165, 1.54) is 17.0 Å². The first-order valence-electron chi connectivity index (χ1n) is 6.86. The predicted molar refractivity (Wildman–Crippen MR) is 85.3 cm³/mol. The van der Waals surface area contributed by atoms with Gasteiger partial charge in [0.05, 0.1) is 0 Å². The topological polar surface area (TPSA) is 42.4 Å². The summed E-state index contributed by atoms with van der Waals surface area (Å²) in [5.41, 5.74) is 1.16. The summed E-state index contributed by atoms with van der Waals surface area (Å²) in [6.07, 6.45) is -2.47. The Morgan fingerprint density at radius 1 is 1.17 bits per heavy atom. The number of ether oxygens (including phenoxy) is 1. The standard InChI is InChI=1S/C16H15F3N2O2.ClH/c1-21(11-9-13-4-2-3-10-20-13)15(22)12-5-7-14(8-6-12)23-16(17,18)19;/h2-8,10H,9,11H2,1H3;1H. The lowest BCUT2D eigenvalue weighted by Gasteiger charge is -2.17. The number of hydrogen-bond donors (Lipinski definition) is 0. The average Bonchev–Trinajstić information content (AvgIpc) is 2.52. The number of benzene rings is 1. The van der Waals surface area contributed by atoms with Crippen molar-refractivity contribution in [1.82, 2.24) is 9.88 Å². The molecule has 0 N–H and O–H groups in total. The molecule has 2 aromatic rings. The van der Waals surface area contributed by atoms with Crippen molar-refractivity contribution < 1.29 is 22.7 Å². The van der Waals surface area contributed by atoms with E-state index in [4.69, 9.17) is 0 Å². The number of halogens is 4. The molecular formula is C16H16ClF3N2O2. The molecule has 8 heteroatoms. The molecule has 0 bridgehead atoms. The number of hydrogen-bond acceptors (Lipinski definition) is 3. The highest BCUT2D eigenvalue weighted by Gasteiger charge is 2.31. The van der Waals surface area contributed by atoms with E-state index in [0.717, 1.165) is 17.8 Å². The number of likely N-dealkylation sites (N-methyl/N-ethyl adjacent to an activating group) is 1. The maximum Gasteiger partial charge on any atom is 0.573 e. The van der Waals surface area contributed by atoms with Crippen molar-refractivity contribution in [1.29, 1.82) is 0 Å². The van der Waals surface area contributed by atoms with Gasteiger partial charge >= 0.3 is 6.36 Å². The molecule has 0 atom stereocenters. The molecule has 0 unspecified atom stereocenters. The molecule has 0 fully saturated rings. The van der Waals surface area contributed by atoms with Crippen LogP contribution < -0.4 is 4.74 Å². The number of pyridine rings is 1. The maximum atomic E-state index is 12.2. The second-order valence-electron chi connectivity index (χ2n) is 4.87. The molecule has 1 amide bonds. The third-order valence-electron chi connectivity index (χ3n) is 3.11. The lowest BCUT2D eigenvalue weighted by atomic mass is 10.2. The van der Waals surface area contributed by atoms with E-state index >= 15 is 0 Å². The molecule has 4 nitrogen and oxygen atoms in total. The number of alkyl halides is 3. The van der Waals surface area contributed by atoms with Crippen molar-refractivity contribution in [3.05, 3.63) is 59.9 Å². The largest absolute Gasteiger partial charge is 0.573 e. The van der Waals surface area contributed by atoms with Gasteiger partial charge in [0.25, 0.3) is 5.91 Å². The fourth-order valence-electron chi connectivity index (χ4n) is 1.95. The van der Waals surface area contributed by atoms with Crippen LogP contribution >= 0.6 is 12.4 Å². The molecule has 24 heavy (non-hydrogen) atoms. The van der Waals surface area contributed by atoms with Crippen LogP contribution in [0.25, 0.3) is 0 Å². The molecule has 0 saturated carbocycles. The molecule has 0 spiro atoms. The Kier molecular flexibility index (Phi) is 7.03. The third kappa shape index (κ3) is 6.08. The van der Waals surface area contributed by atoms with Gasteiger partial charge in [0.2, 0.25) is 0 Å². The van der Waals surface area contributed by atoms with E-state index in [9.17, 15) is 18.0 Å². The molecule has 1 aromatic heterocycles. The predicted octanol–water partition coefficient (Wildman–Crippen LogP) is 3.72. The first-order chi connectivity index (χ1) is 10.8. The quantitative estimate of drug-likeness (QED) is 0.816. The van der Waals surface area contributed by atoms with E-state index in [1.807, 2.05) is 18.2 Å². The third-order valence-corrected chi connectivity index (χ3v) is 3.11. The Morgan fingerprint density at radius 3 is 2.38 bits per heavy atom. The van der Waals surface area contributed by atoms with Crippen LogP contribution in [-0.2, 0) is 6.42 Å². The molecule has 1 heterocycles. The van der Waals surface area contributed by atoms with Gasteiger partial charge in [-0.1, -0.05) is 6.07 Å². The van der Waals surface area contributed by atoms with Gasteiger partial charge in [-0.2, -0.15) is 0 Å². The van der Waals surface area contributed by atoms with Gasteiger partial charge in [0, 0.05) is 37.5 Å². The molecule has 1 aromatic carbocycles. The summed E-state index contributed by atoms with van der Waals surface area (Å²) in [4.78, 5) is 17.9. The number of carbonyl (C=O) groups is 1. The van der Waals surface area contributed by atoms with Crippen LogP contribution in [0.1, 0.15) is 16.1 Å². The van der Waals surface area contributed by atoms with E-state index in [1.54, 1.807) is 13.2 Å². The number of carbonyl (C=O) groups excluding carboxylic acids is 1. The zero-order chi connectivity index (χ0) is 16.9. The minimum Gasteiger partial charge on any atom is -0.406 e. The zero-order valence-corrected chi connectivity index (χ0v) is 13.6. The van der Waals surface area contributed by atoms with Crippen LogP contribution in [0.3, 0.4) is 0 Å². The first kappa shape index (κ1) is 19.8. The number of rotatable bonds is 5. The van der Waals surface area contributed by atoms with Gasteiger partial charge in [-0.3, -0.25) is 9.78 Å². The lowest BCUT2D eigenvalue weighted by Crippen LogP contribution is -2.29. The van der Waals surface area contributed by atoms with Crippen molar-refractivity contribution in [2.45, 2.75) is 12.8 Å². The van der Waals surface area contributed by atoms with Crippen LogP contribution in [0.5, 0.6) is 5.75 Å². The minimum atomic E-state index is -4.75. The van der Waals surface area contributed by atoms with Crippen molar-refractivity contribution in [2.75, 3.05) is 13.6 Å². The number of aromatic nitrogens is 1. The van der Waals surface area contributed by atoms with Crippen LogP contribution in [0.4, 0.5) is 13.2 Å². The van der Waals surface area contributed by atoms with Gasteiger partial charge in [0.1, 0.15) is 5.75 Å². The van der Waals surface area contributed by atoms with Gasteiger partial charge < -0.3 is 9.64 Å². The molecule has 0 aliphatic carbocycles. The Bertz CT molecular complexity index is 649. The van der Waals surface area contributed by atoms with Crippen molar-refractivity contribution in [3.8, 4) is 5.75 Å².